The average Bonchev–Trinajstić information content (AvgIpc) is 1.62. The largest absolute Gasteiger partial charge is 0.480 e. The van der Waals surface area contributed by atoms with Gasteiger partial charge in [-0.05, 0) is 6.85 Å². The van der Waals surface area contributed by atoms with Crippen LogP contribution in [-0.2, 0) is 4.79 Å². The standard InChI is InChI=1S/C3H5BrO2/c1-2(4)3(5)6/h2H,1H3,(H,5,6)/i1D3,2D. The van der Waals surface area contributed by atoms with Gasteiger partial charge in [0.1, 0.15) is 4.80 Å². The van der Waals surface area contributed by atoms with Crippen LogP contribution >= 0.6 is 15.9 Å². The monoisotopic (exact) mass is 156 g/mol. The van der Waals surface area contributed by atoms with Crippen molar-refractivity contribution >= 4 is 21.9 Å². The molecule has 0 aliphatic heterocycles. The van der Waals surface area contributed by atoms with Crippen molar-refractivity contribution in [3.05, 3.63) is 0 Å². The Hall–Kier alpha value is -0.0500. The molecule has 1 unspecified atom stereocenters. The first-order chi connectivity index (χ1) is 4.19. The molecule has 0 heterocycles. The van der Waals surface area contributed by atoms with E-state index in [1.54, 1.807) is 0 Å². The van der Waals surface area contributed by atoms with Crippen molar-refractivity contribution in [2.45, 2.75) is 11.7 Å². The zero-order valence-corrected chi connectivity index (χ0v) is 4.32. The number of hydrogen-bond acceptors (Lipinski definition) is 1. The molecule has 0 saturated heterocycles. The molecule has 0 rings (SSSR count). The lowest BCUT2D eigenvalue weighted by atomic mass is 10.5. The molecule has 0 aliphatic carbocycles. The van der Waals surface area contributed by atoms with Crippen LogP contribution in [0.5, 0.6) is 0 Å². The Morgan fingerprint density at radius 2 is 3.00 bits per heavy atom. The Bertz CT molecular complexity index is 151. The van der Waals surface area contributed by atoms with Gasteiger partial charge >= 0.3 is 5.97 Å². The lowest BCUT2D eigenvalue weighted by molar-refractivity contribution is -0.135. The number of rotatable bonds is 1. The Morgan fingerprint density at radius 3 is 3.00 bits per heavy atom. The van der Waals surface area contributed by atoms with Gasteiger partial charge in [-0.3, -0.25) is 4.79 Å². The number of carboxylic acids is 1. The molecule has 0 aromatic heterocycles. The summed E-state index contributed by atoms with van der Waals surface area (Å²) in [6.07, 6.45) is 0. The normalized spacial score (nSPS) is 30.8. The predicted octanol–water partition coefficient (Wildman–Crippen LogP) is 0.854. The van der Waals surface area contributed by atoms with E-state index in [0.717, 1.165) is 0 Å². The van der Waals surface area contributed by atoms with Crippen molar-refractivity contribution in [2.75, 3.05) is 0 Å². The van der Waals surface area contributed by atoms with Crippen molar-refractivity contribution in [3.63, 3.8) is 0 Å². The fourth-order valence-electron chi connectivity index (χ4n) is 0. The van der Waals surface area contributed by atoms with Crippen LogP contribution < -0.4 is 0 Å². The molecule has 1 N–H and O–H groups in total. The Labute approximate surface area is 49.9 Å². The van der Waals surface area contributed by atoms with Gasteiger partial charge in [-0.2, -0.15) is 0 Å². The van der Waals surface area contributed by atoms with Gasteiger partial charge in [-0.15, -0.1) is 0 Å². The highest BCUT2D eigenvalue weighted by Crippen LogP contribution is 1.93. The topological polar surface area (TPSA) is 37.3 Å². The quantitative estimate of drug-likeness (QED) is 0.573. The molecule has 0 spiro atoms. The minimum atomic E-state index is -2.85. The van der Waals surface area contributed by atoms with Crippen LogP contribution in [0.2, 0.25) is 0 Å². The zero-order valence-electron chi connectivity index (χ0n) is 6.73. The number of carbonyl (C=O) groups is 1. The first-order valence-corrected chi connectivity index (χ1v) is 1.91. The van der Waals surface area contributed by atoms with Crippen molar-refractivity contribution in [3.8, 4) is 0 Å². The highest BCUT2D eigenvalue weighted by atomic mass is 79.9. The van der Waals surface area contributed by atoms with Gasteiger partial charge in [-0.1, -0.05) is 15.9 Å². The summed E-state index contributed by atoms with van der Waals surface area (Å²) in [6.45, 7) is -2.85. The van der Waals surface area contributed by atoms with Crippen LogP contribution in [0.3, 0.4) is 0 Å². The third-order valence-corrected chi connectivity index (χ3v) is 0.527. The maximum Gasteiger partial charge on any atom is 0.316 e. The Balaban J connectivity index is 4.57. The fraction of sp³-hybridized carbons (Fsp3) is 0.667. The summed E-state index contributed by atoms with van der Waals surface area (Å²) in [4.78, 5) is 7.49. The van der Waals surface area contributed by atoms with E-state index in [9.17, 15) is 4.79 Å². The van der Waals surface area contributed by atoms with Gasteiger partial charge in [0, 0.05) is 4.11 Å². The lowest BCUT2D eigenvalue weighted by Crippen LogP contribution is -2.06. The van der Waals surface area contributed by atoms with Crippen LogP contribution in [0.1, 0.15) is 12.3 Å². The molecule has 0 aliphatic rings. The van der Waals surface area contributed by atoms with Crippen LogP contribution in [0.4, 0.5) is 0 Å². The summed E-state index contributed by atoms with van der Waals surface area (Å²) in [5.41, 5.74) is 0. The molecule has 6 heavy (non-hydrogen) atoms. The number of aliphatic carboxylic acids is 1. The molecule has 2 nitrogen and oxygen atoms in total. The van der Waals surface area contributed by atoms with Crippen molar-refractivity contribution in [1.29, 1.82) is 0 Å². The summed E-state index contributed by atoms with van der Waals surface area (Å²) in [5, 5.41) is 8.18. The number of alkyl halides is 1. The van der Waals surface area contributed by atoms with Crippen LogP contribution in [0, 0.1) is 0 Å². The summed E-state index contributed by atoms with van der Waals surface area (Å²) in [5.74, 6) is -1.72. The molecule has 0 fully saturated rings. The van der Waals surface area contributed by atoms with Crippen LogP contribution in [-0.4, -0.2) is 15.9 Å². The molecule has 3 heteroatoms. The molecule has 0 bridgehead atoms. The lowest BCUT2D eigenvalue weighted by Gasteiger charge is -1.87. The van der Waals surface area contributed by atoms with Crippen molar-refractivity contribution < 1.29 is 15.4 Å². The zero-order chi connectivity index (χ0) is 8.58. The molecule has 36 valence electrons. The first-order valence-electron chi connectivity index (χ1n) is 3.12. The minimum Gasteiger partial charge on any atom is -0.480 e. The summed E-state index contributed by atoms with van der Waals surface area (Å²) in [6, 6.07) is 0. The van der Waals surface area contributed by atoms with Gasteiger partial charge < -0.3 is 5.11 Å². The van der Waals surface area contributed by atoms with E-state index in [1.807, 2.05) is 0 Å². The third kappa shape index (κ3) is 2.20. The number of halogens is 1. The van der Waals surface area contributed by atoms with Gasteiger partial charge in [-0.25, -0.2) is 0 Å². The number of carboxylic acid groups (broad SMARTS) is 1. The molecular weight excluding hydrogens is 148 g/mol. The summed E-state index contributed by atoms with van der Waals surface area (Å²) >= 11 is 2.27. The number of hydrogen-bond donors (Lipinski definition) is 1. The fourth-order valence-corrected chi connectivity index (χ4v) is 0. The van der Waals surface area contributed by atoms with Crippen molar-refractivity contribution in [2.24, 2.45) is 0 Å². The molecule has 0 saturated carbocycles. The second-order valence-electron chi connectivity index (χ2n) is 0.619. The Kier molecular flexibility index (Phi) is 0.662. The van der Waals surface area contributed by atoms with Gasteiger partial charge in [0.25, 0.3) is 0 Å². The molecule has 0 radical (unpaired) electrons. The van der Waals surface area contributed by atoms with Crippen molar-refractivity contribution in [1.82, 2.24) is 0 Å². The predicted molar refractivity (Wildman–Crippen MR) is 26.0 cm³/mol. The van der Waals surface area contributed by atoms with E-state index >= 15 is 0 Å². The average molecular weight is 157 g/mol. The van der Waals surface area contributed by atoms with E-state index in [1.165, 1.54) is 0 Å². The van der Waals surface area contributed by atoms with Gasteiger partial charge in [0.15, 0.2) is 0 Å². The van der Waals surface area contributed by atoms with E-state index < -0.39 is 17.6 Å². The summed E-state index contributed by atoms with van der Waals surface area (Å²) < 4.78 is 26.5. The summed E-state index contributed by atoms with van der Waals surface area (Å²) in [7, 11) is 0. The maximum atomic E-state index is 10.1. The Morgan fingerprint density at radius 1 is 2.50 bits per heavy atom. The highest BCUT2D eigenvalue weighted by Gasteiger charge is 2.01. The molecule has 0 aromatic rings. The van der Waals surface area contributed by atoms with E-state index in [2.05, 4.69) is 15.9 Å². The molecule has 0 aromatic carbocycles. The van der Waals surface area contributed by atoms with Crippen LogP contribution in [0.15, 0.2) is 0 Å². The van der Waals surface area contributed by atoms with E-state index in [0.29, 0.717) is 0 Å². The molecule has 0 amide bonds. The SMILES string of the molecule is [2H]C([2H])([2H])C([2H])(Br)C(=O)O. The van der Waals surface area contributed by atoms with Crippen LogP contribution in [0.25, 0.3) is 0 Å². The maximum absolute atomic E-state index is 10.1. The minimum absolute atomic E-state index is 1.72. The molecular formula is C3H5BrO2. The van der Waals surface area contributed by atoms with Gasteiger partial charge in [0.2, 0.25) is 0 Å². The second kappa shape index (κ2) is 2.18. The van der Waals surface area contributed by atoms with E-state index in [4.69, 9.17) is 10.6 Å². The second-order valence-corrected chi connectivity index (χ2v) is 1.41. The third-order valence-electron chi connectivity index (χ3n) is 0.188. The molecule has 1 atom stereocenters. The smallest absolute Gasteiger partial charge is 0.316 e. The first kappa shape index (κ1) is 1.82. The van der Waals surface area contributed by atoms with Gasteiger partial charge in [0.05, 0.1) is 1.37 Å². The highest BCUT2D eigenvalue weighted by molar-refractivity contribution is 9.10. The van der Waals surface area contributed by atoms with E-state index in [-0.39, 0.29) is 0 Å².